The molecule has 4 nitrogen and oxygen atoms in total. The average molecular weight is 706 g/mol. The van der Waals surface area contributed by atoms with Crippen LogP contribution in [0.4, 0.5) is 11.4 Å². The van der Waals surface area contributed by atoms with Crippen LogP contribution >= 0.6 is 0 Å². The fourth-order valence-electron chi connectivity index (χ4n) is 9.66. The summed E-state index contributed by atoms with van der Waals surface area (Å²) >= 11 is 0. The Hall–Kier alpha value is -6.91. The second-order valence-electron chi connectivity index (χ2n) is 15.0. The van der Waals surface area contributed by atoms with Gasteiger partial charge in [-0.05, 0) is 99.5 Å². The predicted molar refractivity (Wildman–Crippen MR) is 228 cm³/mol. The zero-order valence-corrected chi connectivity index (χ0v) is 30.0. The summed E-state index contributed by atoms with van der Waals surface area (Å²) in [4.78, 5) is 5.56. The molecule has 260 valence electrons. The van der Waals surface area contributed by atoms with Gasteiger partial charge in [0, 0.05) is 27.5 Å². The van der Waals surface area contributed by atoms with E-state index in [9.17, 15) is 0 Å². The minimum absolute atomic E-state index is 0.253. The summed E-state index contributed by atoms with van der Waals surface area (Å²) in [6.45, 7) is 0. The molecule has 1 N–H and O–H groups in total. The lowest BCUT2D eigenvalue weighted by molar-refractivity contribution is 0.668. The number of anilines is 1. The van der Waals surface area contributed by atoms with Gasteiger partial charge in [0.1, 0.15) is 23.0 Å². The van der Waals surface area contributed by atoms with E-state index < -0.39 is 0 Å². The molecule has 0 amide bonds. The quantitative estimate of drug-likeness (QED) is 0.195. The molecule has 55 heavy (non-hydrogen) atoms. The number of nitrogens with one attached hydrogen (secondary N) is 1. The number of fused-ring (bicyclic) bond motifs is 12. The molecule has 3 heterocycles. The first kappa shape index (κ1) is 30.5. The summed E-state index contributed by atoms with van der Waals surface area (Å²) in [6, 6.07) is 61.4. The van der Waals surface area contributed by atoms with E-state index in [2.05, 4.69) is 174 Å². The number of furan rings is 1. The number of para-hydroxylation sites is 3. The first-order valence-electron chi connectivity index (χ1n) is 19.3. The van der Waals surface area contributed by atoms with Gasteiger partial charge in [-0.1, -0.05) is 127 Å². The van der Waals surface area contributed by atoms with Gasteiger partial charge in [-0.2, -0.15) is 0 Å². The van der Waals surface area contributed by atoms with Gasteiger partial charge in [-0.3, -0.25) is 4.57 Å². The molecule has 2 unspecified atom stereocenters. The molecular formula is C51H35N3O. The molecule has 2 atom stereocenters. The first-order valence-corrected chi connectivity index (χ1v) is 19.3. The van der Waals surface area contributed by atoms with Crippen LogP contribution in [0, 0.1) is 0 Å². The van der Waals surface area contributed by atoms with Crippen LogP contribution in [-0.4, -0.2) is 10.4 Å². The van der Waals surface area contributed by atoms with Crippen LogP contribution in [-0.2, 0) is 6.42 Å². The standard InChI is InChI=1S/C51H35N3O/c1-3-14-34-31(12-1)24-27-35(38-17-6-5-16-37(34)38)33-26-28-44-41(30-33)48-36-15-4-2-13-32(36)25-29-45(48)54(44)51-50(52-42-20-8-9-21-43(42)53-51)40-19-11-23-47-49(40)39-18-7-10-22-46(39)55-47/h1-23,25-26,28-30,35,50,52H,24,27H2. The third-order valence-corrected chi connectivity index (χ3v) is 12.1. The third-order valence-electron chi connectivity index (χ3n) is 12.1. The van der Waals surface area contributed by atoms with E-state index in [1.54, 1.807) is 0 Å². The lowest BCUT2D eigenvalue weighted by Gasteiger charge is -2.29. The Labute approximate surface area is 318 Å². The fourth-order valence-corrected chi connectivity index (χ4v) is 9.66. The number of hydrogen-bond donors (Lipinski definition) is 1. The Morgan fingerprint density at radius 3 is 2.27 bits per heavy atom. The zero-order valence-electron chi connectivity index (χ0n) is 30.0. The van der Waals surface area contributed by atoms with Crippen molar-refractivity contribution in [3.05, 3.63) is 192 Å². The lowest BCUT2D eigenvalue weighted by atomic mass is 9.85. The maximum Gasteiger partial charge on any atom is 0.141 e. The van der Waals surface area contributed by atoms with Gasteiger partial charge in [-0.15, -0.1) is 0 Å². The largest absolute Gasteiger partial charge is 0.456 e. The molecule has 0 spiro atoms. The fraction of sp³-hybridized carbons (Fsp3) is 0.0784. The molecule has 0 saturated heterocycles. The highest BCUT2D eigenvalue weighted by atomic mass is 16.3. The van der Waals surface area contributed by atoms with E-state index in [-0.39, 0.29) is 12.0 Å². The van der Waals surface area contributed by atoms with Crippen LogP contribution in [0.3, 0.4) is 0 Å². The highest BCUT2D eigenvalue weighted by molar-refractivity contribution is 6.25. The van der Waals surface area contributed by atoms with Crippen molar-refractivity contribution in [3.8, 4) is 11.1 Å². The number of rotatable bonds is 2. The van der Waals surface area contributed by atoms with Crippen molar-refractivity contribution in [3.63, 3.8) is 0 Å². The van der Waals surface area contributed by atoms with Gasteiger partial charge in [0.2, 0.25) is 0 Å². The second kappa shape index (κ2) is 11.8. The summed E-state index contributed by atoms with van der Waals surface area (Å²) in [5, 5.41) is 11.2. The summed E-state index contributed by atoms with van der Waals surface area (Å²) in [5.74, 6) is 1.21. The van der Waals surface area contributed by atoms with Gasteiger partial charge in [0.05, 0.1) is 22.4 Å². The summed E-state index contributed by atoms with van der Waals surface area (Å²) in [7, 11) is 0. The first-order chi connectivity index (χ1) is 27.3. The minimum atomic E-state index is -0.253. The normalized spacial score (nSPS) is 16.5. The van der Waals surface area contributed by atoms with Crippen molar-refractivity contribution >= 4 is 71.7 Å². The molecule has 12 rings (SSSR count). The summed E-state index contributed by atoms with van der Waals surface area (Å²) in [5.41, 5.74) is 14.0. The Morgan fingerprint density at radius 1 is 0.564 bits per heavy atom. The molecule has 2 aliphatic rings. The number of aromatic nitrogens is 1. The zero-order chi connectivity index (χ0) is 36.0. The lowest BCUT2D eigenvalue weighted by Crippen LogP contribution is -2.29. The molecule has 10 aromatic rings. The molecule has 4 heteroatoms. The van der Waals surface area contributed by atoms with Gasteiger partial charge < -0.3 is 9.73 Å². The molecule has 1 aliphatic carbocycles. The molecule has 0 saturated carbocycles. The molecule has 8 aromatic carbocycles. The van der Waals surface area contributed by atoms with Gasteiger partial charge >= 0.3 is 0 Å². The van der Waals surface area contributed by atoms with Crippen molar-refractivity contribution in [2.24, 2.45) is 4.99 Å². The number of nitrogens with zero attached hydrogens (tertiary/aromatic N) is 2. The van der Waals surface area contributed by atoms with Crippen LogP contribution in [0.5, 0.6) is 0 Å². The monoisotopic (exact) mass is 705 g/mol. The molecule has 0 radical (unpaired) electrons. The summed E-state index contributed by atoms with van der Waals surface area (Å²) < 4.78 is 8.84. The van der Waals surface area contributed by atoms with Crippen molar-refractivity contribution in [2.75, 3.05) is 5.32 Å². The second-order valence-corrected chi connectivity index (χ2v) is 15.0. The number of benzene rings is 8. The topological polar surface area (TPSA) is 42.5 Å². The highest BCUT2D eigenvalue weighted by Gasteiger charge is 2.32. The Balaban J connectivity index is 1.13. The van der Waals surface area contributed by atoms with Crippen LogP contribution in [0.25, 0.3) is 65.6 Å². The van der Waals surface area contributed by atoms with Crippen molar-refractivity contribution < 1.29 is 4.42 Å². The Bertz CT molecular complexity index is 3220. The molecule has 0 fully saturated rings. The molecular weight excluding hydrogens is 671 g/mol. The maximum absolute atomic E-state index is 6.42. The van der Waals surface area contributed by atoms with E-state index in [4.69, 9.17) is 9.41 Å². The minimum Gasteiger partial charge on any atom is -0.456 e. The number of hydrogen-bond acceptors (Lipinski definition) is 3. The van der Waals surface area contributed by atoms with Crippen molar-refractivity contribution in [2.45, 2.75) is 24.8 Å². The van der Waals surface area contributed by atoms with E-state index >= 15 is 0 Å². The van der Waals surface area contributed by atoms with Crippen molar-refractivity contribution in [1.29, 1.82) is 0 Å². The molecule has 0 bridgehead atoms. The molecule has 1 aliphatic heterocycles. The van der Waals surface area contributed by atoms with E-state index in [0.29, 0.717) is 0 Å². The van der Waals surface area contributed by atoms with Gasteiger partial charge in [-0.25, -0.2) is 4.99 Å². The van der Waals surface area contributed by atoms with Gasteiger partial charge in [0.25, 0.3) is 0 Å². The van der Waals surface area contributed by atoms with Crippen LogP contribution < -0.4 is 5.32 Å². The van der Waals surface area contributed by atoms with E-state index in [0.717, 1.165) is 68.6 Å². The van der Waals surface area contributed by atoms with Crippen LogP contribution in [0.1, 0.15) is 40.6 Å². The Morgan fingerprint density at radius 2 is 1.31 bits per heavy atom. The van der Waals surface area contributed by atoms with Crippen molar-refractivity contribution in [1.82, 2.24) is 4.57 Å². The maximum atomic E-state index is 6.42. The SMILES string of the molecule is c1ccc2c(c1)CCC(c1ccc3c(c1)c1c4ccccc4ccc1n3C1=Nc3ccccc3NC1c1cccc3oc4ccccc4c13)c1ccccc1-2. The predicted octanol–water partition coefficient (Wildman–Crippen LogP) is 13.3. The third kappa shape index (κ3) is 4.55. The summed E-state index contributed by atoms with van der Waals surface area (Å²) in [6.07, 6.45) is 2.09. The van der Waals surface area contributed by atoms with E-state index in [1.807, 2.05) is 6.07 Å². The Kier molecular flexibility index (Phi) is 6.55. The van der Waals surface area contributed by atoms with Gasteiger partial charge in [0.15, 0.2) is 0 Å². The van der Waals surface area contributed by atoms with E-state index in [1.165, 1.54) is 49.4 Å². The smallest absolute Gasteiger partial charge is 0.141 e. The highest BCUT2D eigenvalue weighted by Crippen LogP contribution is 2.46. The molecule has 2 aromatic heterocycles. The number of aliphatic imine (C=N–C) groups is 1. The number of aryl methyl sites for hydroxylation is 1. The van der Waals surface area contributed by atoms with Crippen LogP contribution in [0.2, 0.25) is 0 Å². The average Bonchev–Trinajstić information content (AvgIpc) is 3.74. The van der Waals surface area contributed by atoms with Crippen LogP contribution in [0.15, 0.2) is 179 Å².